The van der Waals surface area contributed by atoms with Crippen molar-refractivity contribution in [1.82, 2.24) is 5.32 Å². The molecule has 2 aliphatic carbocycles. The van der Waals surface area contributed by atoms with Crippen LogP contribution in [-0.2, 0) is 9.53 Å². The molecular formula is C13H24N2O2. The van der Waals surface area contributed by atoms with Crippen LogP contribution >= 0.6 is 0 Å². The molecular weight excluding hydrogens is 216 g/mol. The number of hydrogen-bond acceptors (Lipinski definition) is 3. The number of amides is 1. The van der Waals surface area contributed by atoms with E-state index >= 15 is 0 Å². The van der Waals surface area contributed by atoms with Crippen LogP contribution < -0.4 is 11.1 Å². The summed E-state index contributed by atoms with van der Waals surface area (Å²) in [5, 5.41) is 2.95. The molecule has 0 aliphatic heterocycles. The molecule has 3 N–H and O–H groups in total. The first-order valence-electron chi connectivity index (χ1n) is 6.87. The van der Waals surface area contributed by atoms with Gasteiger partial charge in [0.05, 0.1) is 5.60 Å². The molecule has 0 atom stereocenters. The van der Waals surface area contributed by atoms with Gasteiger partial charge in [0.25, 0.3) is 0 Å². The van der Waals surface area contributed by atoms with Crippen molar-refractivity contribution in [3.8, 4) is 0 Å². The minimum Gasteiger partial charge on any atom is -0.364 e. The molecule has 0 aromatic heterocycles. The lowest BCUT2D eigenvalue weighted by atomic mass is 9.94. The van der Waals surface area contributed by atoms with E-state index in [-0.39, 0.29) is 18.1 Å². The maximum Gasteiger partial charge on any atom is 0.246 e. The second kappa shape index (κ2) is 5.83. The Morgan fingerprint density at radius 1 is 1.24 bits per heavy atom. The van der Waals surface area contributed by atoms with Crippen LogP contribution in [-0.4, -0.2) is 30.7 Å². The Bertz CT molecular complexity index is 256. The van der Waals surface area contributed by atoms with E-state index in [2.05, 4.69) is 5.32 Å². The molecule has 0 bridgehead atoms. The average Bonchev–Trinajstić information content (AvgIpc) is 3.14. The third-order valence-electron chi connectivity index (χ3n) is 3.84. The third kappa shape index (κ3) is 3.96. The van der Waals surface area contributed by atoms with Gasteiger partial charge in [-0.2, -0.15) is 0 Å². The highest BCUT2D eigenvalue weighted by Gasteiger charge is 2.31. The van der Waals surface area contributed by atoms with Gasteiger partial charge in [-0.05, 0) is 25.7 Å². The van der Waals surface area contributed by atoms with E-state index in [1.165, 1.54) is 25.7 Å². The van der Waals surface area contributed by atoms with Gasteiger partial charge in [0.1, 0.15) is 6.61 Å². The molecule has 2 saturated carbocycles. The van der Waals surface area contributed by atoms with Crippen LogP contribution in [0.2, 0.25) is 0 Å². The Labute approximate surface area is 103 Å². The van der Waals surface area contributed by atoms with Crippen molar-refractivity contribution in [2.24, 2.45) is 5.73 Å². The molecule has 17 heavy (non-hydrogen) atoms. The van der Waals surface area contributed by atoms with Gasteiger partial charge in [0.15, 0.2) is 0 Å². The molecule has 4 heteroatoms. The zero-order valence-electron chi connectivity index (χ0n) is 10.5. The van der Waals surface area contributed by atoms with Crippen molar-refractivity contribution in [2.75, 3.05) is 13.2 Å². The first kappa shape index (κ1) is 12.8. The van der Waals surface area contributed by atoms with Gasteiger partial charge < -0.3 is 15.8 Å². The van der Waals surface area contributed by atoms with Crippen molar-refractivity contribution in [2.45, 2.75) is 63.0 Å². The van der Waals surface area contributed by atoms with E-state index < -0.39 is 0 Å². The van der Waals surface area contributed by atoms with Gasteiger partial charge in [-0.1, -0.05) is 25.7 Å². The molecule has 2 aliphatic rings. The zero-order valence-corrected chi connectivity index (χ0v) is 10.5. The maximum absolute atomic E-state index is 11.6. The summed E-state index contributed by atoms with van der Waals surface area (Å²) < 4.78 is 5.85. The van der Waals surface area contributed by atoms with Crippen LogP contribution in [0.25, 0.3) is 0 Å². The number of carbonyl (C=O) groups excluding carboxylic acids is 1. The van der Waals surface area contributed by atoms with E-state index in [9.17, 15) is 4.79 Å². The summed E-state index contributed by atoms with van der Waals surface area (Å²) in [6.07, 6.45) is 9.10. The number of hydrogen-bond donors (Lipinski definition) is 2. The molecule has 2 fully saturated rings. The predicted molar refractivity (Wildman–Crippen MR) is 66.6 cm³/mol. The highest BCUT2D eigenvalue weighted by molar-refractivity contribution is 5.77. The number of nitrogens with one attached hydrogen (secondary N) is 1. The van der Waals surface area contributed by atoms with Crippen LogP contribution in [0.5, 0.6) is 0 Å². The topological polar surface area (TPSA) is 64.3 Å². The third-order valence-corrected chi connectivity index (χ3v) is 3.84. The Hall–Kier alpha value is -0.610. The summed E-state index contributed by atoms with van der Waals surface area (Å²) in [5.74, 6) is 0.0181. The molecule has 0 radical (unpaired) electrons. The van der Waals surface area contributed by atoms with Crippen molar-refractivity contribution in [3.05, 3.63) is 0 Å². The number of carbonyl (C=O) groups is 1. The van der Waals surface area contributed by atoms with Gasteiger partial charge in [0, 0.05) is 12.6 Å². The smallest absolute Gasteiger partial charge is 0.246 e. The minimum absolute atomic E-state index is 0.0181. The van der Waals surface area contributed by atoms with Crippen molar-refractivity contribution >= 4 is 5.91 Å². The summed E-state index contributed by atoms with van der Waals surface area (Å²) in [7, 11) is 0. The lowest BCUT2D eigenvalue weighted by Gasteiger charge is -2.31. The molecule has 0 unspecified atom stereocenters. The van der Waals surface area contributed by atoms with Gasteiger partial charge in [-0.25, -0.2) is 0 Å². The predicted octanol–water partition coefficient (Wildman–Crippen LogP) is 1.33. The quantitative estimate of drug-likeness (QED) is 0.713. The van der Waals surface area contributed by atoms with Gasteiger partial charge in [0.2, 0.25) is 5.91 Å². The molecule has 4 nitrogen and oxygen atoms in total. The molecule has 0 heterocycles. The minimum atomic E-state index is -0.239. The van der Waals surface area contributed by atoms with E-state index in [0.717, 1.165) is 25.7 Å². The Morgan fingerprint density at radius 3 is 2.41 bits per heavy atom. The van der Waals surface area contributed by atoms with Crippen LogP contribution in [0.3, 0.4) is 0 Å². The van der Waals surface area contributed by atoms with Gasteiger partial charge >= 0.3 is 0 Å². The fraction of sp³-hybridized carbons (Fsp3) is 0.923. The average molecular weight is 240 g/mol. The summed E-state index contributed by atoms with van der Waals surface area (Å²) in [6, 6.07) is 0.411. The van der Waals surface area contributed by atoms with E-state index in [4.69, 9.17) is 10.5 Å². The molecule has 1 amide bonds. The zero-order chi connectivity index (χ0) is 12.1. The largest absolute Gasteiger partial charge is 0.364 e. The maximum atomic E-state index is 11.6. The highest BCUT2D eigenvalue weighted by Crippen LogP contribution is 2.29. The summed E-state index contributed by atoms with van der Waals surface area (Å²) in [4.78, 5) is 11.6. The lowest BCUT2D eigenvalue weighted by molar-refractivity contribution is -0.134. The number of ether oxygens (including phenoxy) is 1. The number of nitrogens with two attached hydrogens (primary N) is 1. The van der Waals surface area contributed by atoms with Crippen LogP contribution in [0.4, 0.5) is 0 Å². The monoisotopic (exact) mass is 240 g/mol. The van der Waals surface area contributed by atoms with Crippen LogP contribution in [0.15, 0.2) is 0 Å². The molecule has 2 rings (SSSR count). The molecule has 0 aromatic rings. The second-order valence-corrected chi connectivity index (χ2v) is 5.43. The normalized spacial score (nSPS) is 24.1. The van der Waals surface area contributed by atoms with Crippen molar-refractivity contribution < 1.29 is 9.53 Å². The molecule has 0 aromatic carbocycles. The highest BCUT2D eigenvalue weighted by atomic mass is 16.5. The second-order valence-electron chi connectivity index (χ2n) is 5.43. The Kier molecular flexibility index (Phi) is 4.40. The fourth-order valence-electron chi connectivity index (χ4n) is 2.50. The fourth-order valence-corrected chi connectivity index (χ4v) is 2.50. The van der Waals surface area contributed by atoms with E-state index in [1.54, 1.807) is 0 Å². The van der Waals surface area contributed by atoms with Crippen LogP contribution in [0.1, 0.15) is 51.4 Å². The number of rotatable bonds is 5. The molecule has 0 saturated heterocycles. The Morgan fingerprint density at radius 2 is 1.88 bits per heavy atom. The molecule has 98 valence electrons. The van der Waals surface area contributed by atoms with Crippen molar-refractivity contribution in [3.63, 3.8) is 0 Å². The van der Waals surface area contributed by atoms with E-state index in [1.807, 2.05) is 0 Å². The Balaban J connectivity index is 1.77. The summed E-state index contributed by atoms with van der Waals surface area (Å²) in [5.41, 5.74) is 5.61. The first-order chi connectivity index (χ1) is 8.24. The van der Waals surface area contributed by atoms with Gasteiger partial charge in [-0.3, -0.25) is 4.79 Å². The lowest BCUT2D eigenvalue weighted by Crippen LogP contribution is -2.43. The first-order valence-corrected chi connectivity index (χ1v) is 6.87. The van der Waals surface area contributed by atoms with Crippen molar-refractivity contribution in [1.29, 1.82) is 0 Å². The standard InChI is InChI=1S/C13H24N2O2/c14-10-13(7-3-1-2-4-8-13)17-9-12(16)15-11-5-6-11/h11H,1-10,14H2,(H,15,16). The van der Waals surface area contributed by atoms with Gasteiger partial charge in [-0.15, -0.1) is 0 Å². The summed E-state index contributed by atoms with van der Waals surface area (Å²) in [6.45, 7) is 0.706. The van der Waals surface area contributed by atoms with Crippen LogP contribution in [0, 0.1) is 0 Å². The summed E-state index contributed by atoms with van der Waals surface area (Å²) >= 11 is 0. The molecule has 0 spiro atoms. The van der Waals surface area contributed by atoms with E-state index in [0.29, 0.717) is 12.6 Å². The SMILES string of the molecule is NCC1(OCC(=O)NC2CC2)CCCCCC1.